The van der Waals surface area contributed by atoms with Crippen LogP contribution in [0.2, 0.25) is 0 Å². The Morgan fingerprint density at radius 1 is 0.431 bits per heavy atom. The molecule has 0 unspecified atom stereocenters. The van der Waals surface area contributed by atoms with E-state index in [4.69, 9.17) is 0 Å². The van der Waals surface area contributed by atoms with Gasteiger partial charge in [0.25, 0.3) is 0 Å². The van der Waals surface area contributed by atoms with Crippen molar-refractivity contribution in [1.82, 2.24) is 4.57 Å². The molecule has 0 saturated carbocycles. The Bertz CT molecular complexity index is 2750. The molecule has 1 heterocycles. The number of hydrogen-bond acceptors (Lipinski definition) is 1. The number of anilines is 3. The first-order valence-electron chi connectivity index (χ1n) is 17.8. The van der Waals surface area contributed by atoms with Gasteiger partial charge in [-0.25, -0.2) is 0 Å². The maximum absolute atomic E-state index is 2.42. The van der Waals surface area contributed by atoms with Crippen LogP contribution in [0.15, 0.2) is 182 Å². The smallest absolute Gasteiger partial charge is 0.0619 e. The van der Waals surface area contributed by atoms with E-state index < -0.39 is 0 Å². The van der Waals surface area contributed by atoms with Crippen LogP contribution in [0.4, 0.5) is 17.1 Å². The molecule has 0 amide bonds. The van der Waals surface area contributed by atoms with Crippen LogP contribution in [0.25, 0.3) is 60.5 Å². The Morgan fingerprint density at radius 3 is 1.88 bits per heavy atom. The SMILES string of the molecule is CC1(C)c2ccccc2-c2ccc(N(c3ccccc3)c3ccc(-c4ccc5ccc6c7ccccc7n(-c7ccccc7)c6c5c4)cc3)cc21. The minimum Gasteiger partial charge on any atom is -0.310 e. The second kappa shape index (κ2) is 11.3. The van der Waals surface area contributed by atoms with Crippen LogP contribution in [0.1, 0.15) is 25.0 Å². The zero-order valence-corrected chi connectivity index (χ0v) is 28.7. The van der Waals surface area contributed by atoms with Gasteiger partial charge in [0.1, 0.15) is 0 Å². The molecule has 0 atom stereocenters. The molecular weight excluding hydrogens is 617 g/mol. The quantitative estimate of drug-likeness (QED) is 0.180. The Hall–Kier alpha value is -6.38. The predicted molar refractivity (Wildman–Crippen MR) is 216 cm³/mol. The molecule has 10 rings (SSSR count). The summed E-state index contributed by atoms with van der Waals surface area (Å²) in [6.07, 6.45) is 0. The van der Waals surface area contributed by atoms with Crippen LogP contribution in [0.5, 0.6) is 0 Å². The summed E-state index contributed by atoms with van der Waals surface area (Å²) in [5, 5.41) is 5.03. The first kappa shape index (κ1) is 29.5. The van der Waals surface area contributed by atoms with Gasteiger partial charge in [-0.2, -0.15) is 0 Å². The minimum absolute atomic E-state index is 0.0676. The Balaban J connectivity index is 1.09. The molecule has 0 saturated heterocycles. The molecule has 1 aromatic heterocycles. The van der Waals surface area contributed by atoms with E-state index >= 15 is 0 Å². The lowest BCUT2D eigenvalue weighted by Crippen LogP contribution is -2.16. The molecule has 2 nitrogen and oxygen atoms in total. The molecule has 1 aliphatic rings. The van der Waals surface area contributed by atoms with Crippen molar-refractivity contribution in [2.24, 2.45) is 0 Å². The molecule has 0 fully saturated rings. The average molecular weight is 653 g/mol. The summed E-state index contributed by atoms with van der Waals surface area (Å²) in [6, 6.07) is 66.5. The average Bonchev–Trinajstić information content (AvgIpc) is 3.65. The summed E-state index contributed by atoms with van der Waals surface area (Å²) in [5.41, 5.74) is 14.8. The lowest BCUT2D eigenvalue weighted by molar-refractivity contribution is 0.660. The van der Waals surface area contributed by atoms with Gasteiger partial charge in [0.2, 0.25) is 0 Å². The number of rotatable bonds is 5. The van der Waals surface area contributed by atoms with Crippen LogP contribution in [0.3, 0.4) is 0 Å². The summed E-state index contributed by atoms with van der Waals surface area (Å²) < 4.78 is 2.42. The van der Waals surface area contributed by atoms with Crippen LogP contribution in [0, 0.1) is 0 Å². The summed E-state index contributed by atoms with van der Waals surface area (Å²) in [5.74, 6) is 0. The maximum atomic E-state index is 2.42. The first-order valence-corrected chi connectivity index (χ1v) is 17.8. The highest BCUT2D eigenvalue weighted by molar-refractivity contribution is 6.19. The third-order valence-electron chi connectivity index (χ3n) is 11.0. The van der Waals surface area contributed by atoms with Gasteiger partial charge in [-0.1, -0.05) is 135 Å². The molecule has 9 aromatic rings. The summed E-state index contributed by atoms with van der Waals surface area (Å²) >= 11 is 0. The monoisotopic (exact) mass is 652 g/mol. The summed E-state index contributed by atoms with van der Waals surface area (Å²) in [6.45, 7) is 4.69. The molecular formula is C49H36N2. The molecule has 0 aliphatic heterocycles. The van der Waals surface area contributed by atoms with Crippen molar-refractivity contribution in [3.63, 3.8) is 0 Å². The van der Waals surface area contributed by atoms with Gasteiger partial charge < -0.3 is 9.47 Å². The number of aromatic nitrogens is 1. The number of para-hydroxylation sites is 3. The molecule has 2 heteroatoms. The van der Waals surface area contributed by atoms with E-state index in [0.717, 1.165) is 17.1 Å². The van der Waals surface area contributed by atoms with Crippen molar-refractivity contribution in [1.29, 1.82) is 0 Å². The standard InChI is InChI=1S/C49H36N2/c1-49(2)45-19-11-9-17-40(45)41-30-28-39(32-46(41)49)50(36-13-5-3-6-14-36)38-26-23-33(24-27-38)35-22-21-34-25-29-43-42-18-10-12-20-47(42)51(48(43)44(34)31-35)37-15-7-4-8-16-37/h3-32H,1-2H3. The van der Waals surface area contributed by atoms with Crippen molar-refractivity contribution in [2.45, 2.75) is 19.3 Å². The molecule has 0 radical (unpaired) electrons. The highest BCUT2D eigenvalue weighted by Crippen LogP contribution is 2.50. The second-order valence-corrected chi connectivity index (χ2v) is 14.2. The topological polar surface area (TPSA) is 8.17 Å². The number of hydrogen-bond donors (Lipinski definition) is 0. The molecule has 0 spiro atoms. The Labute approximate surface area is 298 Å². The molecule has 51 heavy (non-hydrogen) atoms. The molecule has 1 aliphatic carbocycles. The fraction of sp³-hybridized carbons (Fsp3) is 0.0612. The number of fused-ring (bicyclic) bond motifs is 8. The van der Waals surface area contributed by atoms with E-state index in [-0.39, 0.29) is 5.41 Å². The summed E-state index contributed by atoms with van der Waals surface area (Å²) in [4.78, 5) is 2.38. The third-order valence-corrected chi connectivity index (χ3v) is 11.0. The van der Waals surface area contributed by atoms with Gasteiger partial charge in [0.15, 0.2) is 0 Å². The van der Waals surface area contributed by atoms with E-state index in [2.05, 4.69) is 205 Å². The van der Waals surface area contributed by atoms with Gasteiger partial charge in [0, 0.05) is 44.3 Å². The molecule has 0 bridgehead atoms. The van der Waals surface area contributed by atoms with Crippen molar-refractivity contribution in [3.8, 4) is 27.9 Å². The van der Waals surface area contributed by atoms with Crippen molar-refractivity contribution < 1.29 is 0 Å². The maximum Gasteiger partial charge on any atom is 0.0619 e. The minimum atomic E-state index is -0.0676. The fourth-order valence-corrected chi connectivity index (χ4v) is 8.46. The van der Waals surface area contributed by atoms with E-state index in [1.165, 1.54) is 71.6 Å². The third kappa shape index (κ3) is 4.57. The van der Waals surface area contributed by atoms with E-state index in [9.17, 15) is 0 Å². The van der Waals surface area contributed by atoms with Crippen molar-refractivity contribution in [2.75, 3.05) is 4.90 Å². The van der Waals surface area contributed by atoms with E-state index in [1.807, 2.05) is 0 Å². The van der Waals surface area contributed by atoms with Gasteiger partial charge in [-0.05, 0) is 99.4 Å². The zero-order chi connectivity index (χ0) is 34.1. The van der Waals surface area contributed by atoms with Gasteiger partial charge >= 0.3 is 0 Å². The largest absolute Gasteiger partial charge is 0.310 e. The Morgan fingerprint density at radius 2 is 1.06 bits per heavy atom. The highest BCUT2D eigenvalue weighted by Gasteiger charge is 2.35. The van der Waals surface area contributed by atoms with Crippen LogP contribution < -0.4 is 4.90 Å². The lowest BCUT2D eigenvalue weighted by Gasteiger charge is -2.28. The first-order chi connectivity index (χ1) is 25.1. The van der Waals surface area contributed by atoms with Crippen LogP contribution in [-0.4, -0.2) is 4.57 Å². The molecule has 8 aromatic carbocycles. The van der Waals surface area contributed by atoms with Gasteiger partial charge in [-0.3, -0.25) is 0 Å². The zero-order valence-electron chi connectivity index (χ0n) is 28.7. The number of nitrogens with zero attached hydrogens (tertiary/aromatic N) is 2. The molecule has 0 N–H and O–H groups in total. The van der Waals surface area contributed by atoms with E-state index in [1.54, 1.807) is 0 Å². The second-order valence-electron chi connectivity index (χ2n) is 14.2. The normalized spacial score (nSPS) is 13.1. The van der Waals surface area contributed by atoms with Crippen LogP contribution in [-0.2, 0) is 5.41 Å². The van der Waals surface area contributed by atoms with Crippen molar-refractivity contribution >= 4 is 49.6 Å². The highest BCUT2D eigenvalue weighted by atomic mass is 15.1. The van der Waals surface area contributed by atoms with Gasteiger partial charge in [0.05, 0.1) is 11.0 Å². The summed E-state index contributed by atoms with van der Waals surface area (Å²) in [7, 11) is 0. The van der Waals surface area contributed by atoms with E-state index in [0.29, 0.717) is 0 Å². The molecule has 242 valence electrons. The fourth-order valence-electron chi connectivity index (χ4n) is 8.46. The number of benzene rings is 8. The van der Waals surface area contributed by atoms with Gasteiger partial charge in [-0.15, -0.1) is 0 Å². The van der Waals surface area contributed by atoms with Crippen LogP contribution >= 0.6 is 0 Å². The Kier molecular flexibility index (Phi) is 6.56. The van der Waals surface area contributed by atoms with Crippen molar-refractivity contribution in [3.05, 3.63) is 193 Å². The lowest BCUT2D eigenvalue weighted by atomic mass is 9.82. The predicted octanol–water partition coefficient (Wildman–Crippen LogP) is 13.4.